The van der Waals surface area contributed by atoms with Crippen LogP contribution in [0.3, 0.4) is 0 Å². The van der Waals surface area contributed by atoms with Gasteiger partial charge in [-0.1, -0.05) is 72.3 Å². The van der Waals surface area contributed by atoms with Gasteiger partial charge in [0.25, 0.3) is 5.91 Å². The molecule has 0 aromatic heterocycles. The molecule has 1 heterocycles. The predicted molar refractivity (Wildman–Crippen MR) is 140 cm³/mol. The van der Waals surface area contributed by atoms with E-state index in [1.807, 2.05) is 72.8 Å². The average Bonchev–Trinajstić information content (AvgIpc) is 2.89. The maximum absolute atomic E-state index is 13.0. The SMILES string of the molecule is CN(CC(c1ccc(Cl)cc1)C(O)CN1CCC(O)(c2ccccc2)CC1)C(=O)c1ccccc1. The second kappa shape index (κ2) is 11.4. The smallest absolute Gasteiger partial charge is 0.253 e. The lowest BCUT2D eigenvalue weighted by molar-refractivity contribution is -0.0367. The number of aliphatic hydroxyl groups excluding tert-OH is 1. The Kier molecular flexibility index (Phi) is 8.24. The third-order valence-electron chi connectivity index (χ3n) is 7.04. The molecule has 2 N–H and O–H groups in total. The summed E-state index contributed by atoms with van der Waals surface area (Å²) in [5.41, 5.74) is 1.67. The number of carbonyl (C=O) groups excluding carboxylic acids is 1. The summed E-state index contributed by atoms with van der Waals surface area (Å²) in [6.45, 7) is 2.22. The highest BCUT2D eigenvalue weighted by Crippen LogP contribution is 2.33. The van der Waals surface area contributed by atoms with Crippen LogP contribution in [0.25, 0.3) is 0 Å². The van der Waals surface area contributed by atoms with Crippen molar-refractivity contribution in [2.24, 2.45) is 0 Å². The van der Waals surface area contributed by atoms with E-state index in [4.69, 9.17) is 11.6 Å². The molecule has 0 spiro atoms. The van der Waals surface area contributed by atoms with E-state index in [1.165, 1.54) is 0 Å². The second-order valence-electron chi connectivity index (χ2n) is 9.48. The van der Waals surface area contributed by atoms with Gasteiger partial charge in [-0.05, 0) is 48.2 Å². The molecule has 3 aromatic carbocycles. The van der Waals surface area contributed by atoms with Crippen molar-refractivity contribution >= 4 is 17.5 Å². The Hall–Kier alpha value is -2.70. The minimum absolute atomic E-state index is 0.0809. The summed E-state index contributed by atoms with van der Waals surface area (Å²) in [7, 11) is 1.77. The fraction of sp³-hybridized carbons (Fsp3) is 0.345. The van der Waals surface area contributed by atoms with Crippen LogP contribution < -0.4 is 0 Å². The quantitative estimate of drug-likeness (QED) is 0.484. The molecule has 1 amide bonds. The molecular formula is C29H33ClN2O3. The molecule has 1 fully saturated rings. The van der Waals surface area contributed by atoms with Crippen molar-refractivity contribution < 1.29 is 15.0 Å². The maximum Gasteiger partial charge on any atom is 0.253 e. The van der Waals surface area contributed by atoms with Gasteiger partial charge in [0.05, 0.1) is 11.7 Å². The number of amides is 1. The molecule has 6 heteroatoms. The number of hydrogen-bond donors (Lipinski definition) is 2. The van der Waals surface area contributed by atoms with Crippen LogP contribution in [-0.2, 0) is 5.60 Å². The van der Waals surface area contributed by atoms with E-state index in [0.29, 0.717) is 49.6 Å². The molecular weight excluding hydrogens is 460 g/mol. The van der Waals surface area contributed by atoms with Gasteiger partial charge in [-0.15, -0.1) is 0 Å². The van der Waals surface area contributed by atoms with E-state index in [0.717, 1.165) is 11.1 Å². The van der Waals surface area contributed by atoms with Crippen molar-refractivity contribution in [1.29, 1.82) is 0 Å². The molecule has 5 nitrogen and oxygen atoms in total. The van der Waals surface area contributed by atoms with Crippen molar-refractivity contribution in [2.45, 2.75) is 30.5 Å². The summed E-state index contributed by atoms with van der Waals surface area (Å²) in [5.74, 6) is -0.359. The molecule has 4 rings (SSSR count). The molecule has 0 saturated carbocycles. The first-order valence-corrected chi connectivity index (χ1v) is 12.5. The predicted octanol–water partition coefficient (Wildman–Crippen LogP) is 4.54. The topological polar surface area (TPSA) is 64.0 Å². The number of benzene rings is 3. The summed E-state index contributed by atoms with van der Waals surface area (Å²) >= 11 is 6.11. The standard InChI is InChI=1S/C29H33ClN2O3/c1-31(28(34)23-8-4-2-5-9-23)20-26(22-12-14-25(30)15-13-22)27(33)21-32-18-16-29(35,17-19-32)24-10-6-3-7-11-24/h2-15,26-27,33,35H,16-21H2,1H3. The van der Waals surface area contributed by atoms with E-state index >= 15 is 0 Å². The lowest BCUT2D eigenvalue weighted by Crippen LogP contribution is -2.47. The van der Waals surface area contributed by atoms with E-state index < -0.39 is 11.7 Å². The van der Waals surface area contributed by atoms with Gasteiger partial charge in [-0.2, -0.15) is 0 Å². The summed E-state index contributed by atoms with van der Waals surface area (Å²) in [6, 6.07) is 26.4. The van der Waals surface area contributed by atoms with Gasteiger partial charge in [-0.3, -0.25) is 4.79 Å². The molecule has 184 valence electrons. The van der Waals surface area contributed by atoms with Crippen molar-refractivity contribution in [3.05, 3.63) is 107 Å². The molecule has 0 aliphatic carbocycles. The zero-order chi connectivity index (χ0) is 24.8. The number of piperidine rings is 1. The fourth-order valence-corrected chi connectivity index (χ4v) is 5.00. The molecule has 1 aliphatic heterocycles. The number of halogens is 1. The highest BCUT2D eigenvalue weighted by Gasteiger charge is 2.35. The van der Waals surface area contributed by atoms with Crippen LogP contribution in [0.2, 0.25) is 5.02 Å². The highest BCUT2D eigenvalue weighted by atomic mass is 35.5. The normalized spacial score (nSPS) is 17.5. The Morgan fingerprint density at radius 1 is 0.971 bits per heavy atom. The number of β-amino-alcohol motifs (C(OH)–C–C–N with tert-alkyl or cyclic N) is 1. The van der Waals surface area contributed by atoms with Crippen LogP contribution in [0.5, 0.6) is 0 Å². The molecule has 1 aliphatic rings. The number of nitrogens with zero attached hydrogens (tertiary/aromatic N) is 2. The van der Waals surface area contributed by atoms with Crippen LogP contribution in [0.1, 0.15) is 40.2 Å². The van der Waals surface area contributed by atoms with Gasteiger partial charge in [0, 0.05) is 49.7 Å². The summed E-state index contributed by atoms with van der Waals surface area (Å²) < 4.78 is 0. The van der Waals surface area contributed by atoms with Gasteiger partial charge in [0.15, 0.2) is 0 Å². The van der Waals surface area contributed by atoms with Crippen LogP contribution in [0.15, 0.2) is 84.9 Å². The zero-order valence-corrected chi connectivity index (χ0v) is 20.8. The summed E-state index contributed by atoms with van der Waals surface area (Å²) in [6.07, 6.45) is 0.536. The van der Waals surface area contributed by atoms with Gasteiger partial charge in [0.1, 0.15) is 0 Å². The first-order valence-electron chi connectivity index (χ1n) is 12.1. The summed E-state index contributed by atoms with van der Waals surface area (Å²) in [4.78, 5) is 16.8. The van der Waals surface area contributed by atoms with E-state index in [1.54, 1.807) is 24.1 Å². The van der Waals surface area contributed by atoms with Crippen LogP contribution in [-0.4, -0.2) is 65.3 Å². The molecule has 2 unspecified atom stereocenters. The molecule has 3 aromatic rings. The Morgan fingerprint density at radius 3 is 2.14 bits per heavy atom. The number of aliphatic hydroxyl groups is 2. The Labute approximate surface area is 212 Å². The van der Waals surface area contributed by atoms with E-state index in [-0.39, 0.29) is 11.8 Å². The lowest BCUT2D eigenvalue weighted by atomic mass is 9.84. The van der Waals surface area contributed by atoms with Crippen LogP contribution in [0, 0.1) is 0 Å². The second-order valence-corrected chi connectivity index (χ2v) is 9.91. The molecule has 2 atom stereocenters. The Balaban J connectivity index is 1.44. The average molecular weight is 493 g/mol. The minimum Gasteiger partial charge on any atom is -0.391 e. The van der Waals surface area contributed by atoms with Crippen LogP contribution >= 0.6 is 11.6 Å². The van der Waals surface area contributed by atoms with Crippen molar-refractivity contribution in [2.75, 3.05) is 33.2 Å². The van der Waals surface area contributed by atoms with Gasteiger partial charge in [-0.25, -0.2) is 0 Å². The molecule has 1 saturated heterocycles. The van der Waals surface area contributed by atoms with Gasteiger partial charge >= 0.3 is 0 Å². The van der Waals surface area contributed by atoms with Crippen molar-refractivity contribution in [1.82, 2.24) is 9.80 Å². The number of carbonyl (C=O) groups is 1. The zero-order valence-electron chi connectivity index (χ0n) is 20.1. The van der Waals surface area contributed by atoms with E-state index in [9.17, 15) is 15.0 Å². The minimum atomic E-state index is -0.833. The molecule has 35 heavy (non-hydrogen) atoms. The highest BCUT2D eigenvalue weighted by molar-refractivity contribution is 6.30. The van der Waals surface area contributed by atoms with Crippen molar-refractivity contribution in [3.63, 3.8) is 0 Å². The first kappa shape index (κ1) is 25.4. The third-order valence-corrected chi connectivity index (χ3v) is 7.29. The van der Waals surface area contributed by atoms with Crippen molar-refractivity contribution in [3.8, 4) is 0 Å². The lowest BCUT2D eigenvalue weighted by Gasteiger charge is -2.40. The molecule has 0 radical (unpaired) electrons. The number of rotatable bonds is 8. The first-order chi connectivity index (χ1) is 16.9. The third kappa shape index (κ3) is 6.30. The fourth-order valence-electron chi connectivity index (χ4n) is 4.87. The van der Waals surface area contributed by atoms with Gasteiger partial charge in [0.2, 0.25) is 0 Å². The number of likely N-dealkylation sites (tertiary alicyclic amines) is 1. The number of hydrogen-bond acceptors (Lipinski definition) is 4. The molecule has 0 bridgehead atoms. The maximum atomic E-state index is 13.0. The van der Waals surface area contributed by atoms with Crippen LogP contribution in [0.4, 0.5) is 0 Å². The monoisotopic (exact) mass is 492 g/mol. The Bertz CT molecular complexity index is 1080. The largest absolute Gasteiger partial charge is 0.391 e. The number of likely N-dealkylation sites (N-methyl/N-ethyl adjacent to an activating group) is 1. The van der Waals surface area contributed by atoms with Gasteiger partial charge < -0.3 is 20.0 Å². The summed E-state index contributed by atoms with van der Waals surface area (Å²) in [5, 5.41) is 23.1. The Morgan fingerprint density at radius 2 is 1.54 bits per heavy atom. The van der Waals surface area contributed by atoms with E-state index in [2.05, 4.69) is 4.90 Å².